The fourth-order valence-corrected chi connectivity index (χ4v) is 2.09. The Morgan fingerprint density at radius 3 is 3.06 bits per heavy atom. The molecule has 0 amide bonds. The van der Waals surface area contributed by atoms with Crippen molar-refractivity contribution in [3.63, 3.8) is 0 Å². The second-order valence-corrected chi connectivity index (χ2v) is 5.75. The van der Waals surface area contributed by atoms with Crippen LogP contribution in [0.4, 0.5) is 0 Å². The predicted octanol–water partition coefficient (Wildman–Crippen LogP) is 0.881. The van der Waals surface area contributed by atoms with Crippen LogP contribution in [0.2, 0.25) is 0 Å². The lowest BCUT2D eigenvalue weighted by atomic mass is 10.3. The summed E-state index contributed by atoms with van der Waals surface area (Å²) >= 11 is 0. The zero-order valence-electron chi connectivity index (χ0n) is 10.0. The first-order valence-electron chi connectivity index (χ1n) is 5.56. The highest BCUT2D eigenvalue weighted by molar-refractivity contribution is 7.88. The van der Waals surface area contributed by atoms with Crippen LogP contribution in [0, 0.1) is 0 Å². The molecule has 0 aliphatic rings. The predicted molar refractivity (Wildman–Crippen MR) is 69.1 cm³/mol. The first-order chi connectivity index (χ1) is 8.56. The molecule has 0 aliphatic heterocycles. The Kier molecular flexibility index (Phi) is 3.83. The number of pyridine rings is 1. The van der Waals surface area contributed by atoms with Gasteiger partial charge < -0.3 is 9.72 Å². The number of H-pyrrole nitrogens is 1. The van der Waals surface area contributed by atoms with Crippen molar-refractivity contribution in [3.05, 3.63) is 24.5 Å². The maximum Gasteiger partial charge on any atom is 0.208 e. The van der Waals surface area contributed by atoms with Crippen LogP contribution in [0.15, 0.2) is 24.5 Å². The van der Waals surface area contributed by atoms with Crippen LogP contribution < -0.4 is 9.46 Å². The molecule has 2 aromatic rings. The minimum absolute atomic E-state index is 0.375. The van der Waals surface area contributed by atoms with E-state index in [4.69, 9.17) is 4.74 Å². The van der Waals surface area contributed by atoms with Gasteiger partial charge in [-0.2, -0.15) is 0 Å². The molecular weight excluding hydrogens is 254 g/mol. The van der Waals surface area contributed by atoms with Gasteiger partial charge in [-0.3, -0.25) is 0 Å². The summed E-state index contributed by atoms with van der Waals surface area (Å²) in [7, 11) is -3.12. The summed E-state index contributed by atoms with van der Waals surface area (Å²) in [6.45, 7) is 0.826. The van der Waals surface area contributed by atoms with Crippen LogP contribution in [0.5, 0.6) is 5.75 Å². The van der Waals surface area contributed by atoms with E-state index >= 15 is 0 Å². The Morgan fingerprint density at radius 1 is 1.44 bits per heavy atom. The summed E-state index contributed by atoms with van der Waals surface area (Å²) in [5, 5.41) is 0.925. The molecule has 0 saturated carbocycles. The van der Waals surface area contributed by atoms with Gasteiger partial charge in [-0.15, -0.1) is 0 Å². The van der Waals surface area contributed by atoms with Crippen LogP contribution in [0.1, 0.15) is 6.42 Å². The molecule has 18 heavy (non-hydrogen) atoms. The molecule has 2 rings (SSSR count). The van der Waals surface area contributed by atoms with Gasteiger partial charge in [-0.25, -0.2) is 18.1 Å². The average Bonchev–Trinajstić information content (AvgIpc) is 2.75. The molecule has 98 valence electrons. The van der Waals surface area contributed by atoms with Gasteiger partial charge in [0.2, 0.25) is 10.0 Å². The van der Waals surface area contributed by atoms with Gasteiger partial charge >= 0.3 is 0 Å². The Labute approximate surface area is 105 Å². The first-order valence-corrected chi connectivity index (χ1v) is 7.45. The first kappa shape index (κ1) is 12.8. The number of rotatable bonds is 6. The Bertz CT molecular complexity index is 621. The maximum absolute atomic E-state index is 10.8. The standard InChI is InChI=1S/C11H15N3O3S/c1-18(15,16)14-5-2-8-17-10-4-7-13-11-9(10)3-6-12-11/h3-4,6-7,14H,2,5,8H2,1H3,(H,12,13). The number of fused-ring (bicyclic) bond motifs is 1. The van der Waals surface area contributed by atoms with E-state index in [1.165, 1.54) is 0 Å². The van der Waals surface area contributed by atoms with Crippen molar-refractivity contribution in [1.82, 2.24) is 14.7 Å². The second kappa shape index (κ2) is 5.36. The topological polar surface area (TPSA) is 84.1 Å². The zero-order valence-corrected chi connectivity index (χ0v) is 10.8. The van der Waals surface area contributed by atoms with Crippen LogP contribution in [-0.2, 0) is 10.0 Å². The summed E-state index contributed by atoms with van der Waals surface area (Å²) in [4.78, 5) is 7.15. The molecule has 0 bridgehead atoms. The molecule has 0 aliphatic carbocycles. The molecule has 2 N–H and O–H groups in total. The molecule has 0 radical (unpaired) electrons. The lowest BCUT2D eigenvalue weighted by Gasteiger charge is -2.07. The summed E-state index contributed by atoms with van der Waals surface area (Å²) in [5.74, 6) is 0.751. The molecule has 0 atom stereocenters. The van der Waals surface area contributed by atoms with E-state index in [1.54, 1.807) is 18.5 Å². The van der Waals surface area contributed by atoms with E-state index in [2.05, 4.69) is 14.7 Å². The summed E-state index contributed by atoms with van der Waals surface area (Å²) in [5.41, 5.74) is 0.779. The molecule has 2 heterocycles. The number of hydrogen-bond donors (Lipinski definition) is 2. The van der Waals surface area contributed by atoms with Gasteiger partial charge in [0, 0.05) is 18.9 Å². The van der Waals surface area contributed by atoms with Gasteiger partial charge in [-0.05, 0) is 18.6 Å². The van der Waals surface area contributed by atoms with Gasteiger partial charge in [0.05, 0.1) is 18.2 Å². The monoisotopic (exact) mass is 269 g/mol. The molecule has 0 aromatic carbocycles. The molecule has 0 saturated heterocycles. The third kappa shape index (κ3) is 3.44. The zero-order chi connectivity index (χ0) is 13.0. The summed E-state index contributed by atoms with van der Waals surface area (Å²) < 4.78 is 29.7. The number of sulfonamides is 1. The third-order valence-electron chi connectivity index (χ3n) is 2.36. The number of nitrogens with zero attached hydrogens (tertiary/aromatic N) is 1. The SMILES string of the molecule is CS(=O)(=O)NCCCOc1ccnc2[nH]ccc12. The fraction of sp³-hybridized carbons (Fsp3) is 0.364. The molecule has 0 spiro atoms. The minimum Gasteiger partial charge on any atom is -0.493 e. The third-order valence-corrected chi connectivity index (χ3v) is 3.09. The summed E-state index contributed by atoms with van der Waals surface area (Å²) in [6, 6.07) is 3.69. The second-order valence-electron chi connectivity index (χ2n) is 3.92. The number of nitrogens with one attached hydrogen (secondary N) is 2. The van der Waals surface area contributed by atoms with Crippen molar-refractivity contribution < 1.29 is 13.2 Å². The lowest BCUT2D eigenvalue weighted by Crippen LogP contribution is -2.24. The van der Waals surface area contributed by atoms with Crippen molar-refractivity contribution >= 4 is 21.1 Å². The van der Waals surface area contributed by atoms with E-state index in [-0.39, 0.29) is 0 Å². The smallest absolute Gasteiger partial charge is 0.208 e. The molecule has 0 unspecified atom stereocenters. The number of aromatic nitrogens is 2. The quantitative estimate of drug-likeness (QED) is 0.762. The van der Waals surface area contributed by atoms with Crippen molar-refractivity contribution in [2.45, 2.75) is 6.42 Å². The minimum atomic E-state index is -3.12. The van der Waals surface area contributed by atoms with Crippen molar-refractivity contribution in [3.8, 4) is 5.75 Å². The Morgan fingerprint density at radius 2 is 2.28 bits per heavy atom. The average molecular weight is 269 g/mol. The Hall–Kier alpha value is -1.60. The number of ether oxygens (including phenoxy) is 1. The normalized spacial score (nSPS) is 11.8. The molecule has 6 nitrogen and oxygen atoms in total. The van der Waals surface area contributed by atoms with Gasteiger partial charge in [0.15, 0.2) is 0 Å². The molecule has 7 heteroatoms. The van der Waals surface area contributed by atoms with Gasteiger partial charge in [0.1, 0.15) is 11.4 Å². The van der Waals surface area contributed by atoms with Crippen LogP contribution in [0.25, 0.3) is 11.0 Å². The molecule has 2 aromatic heterocycles. The highest BCUT2D eigenvalue weighted by Crippen LogP contribution is 2.22. The van der Waals surface area contributed by atoms with Gasteiger partial charge in [-0.1, -0.05) is 0 Å². The molecular formula is C11H15N3O3S. The van der Waals surface area contributed by atoms with Gasteiger partial charge in [0.25, 0.3) is 0 Å². The van der Waals surface area contributed by atoms with E-state index in [0.717, 1.165) is 23.0 Å². The highest BCUT2D eigenvalue weighted by atomic mass is 32.2. The van der Waals surface area contributed by atoms with E-state index in [9.17, 15) is 8.42 Å². The molecule has 0 fully saturated rings. The maximum atomic E-state index is 10.8. The van der Waals surface area contributed by atoms with Crippen molar-refractivity contribution in [2.75, 3.05) is 19.4 Å². The van der Waals surface area contributed by atoms with Crippen LogP contribution >= 0.6 is 0 Å². The van der Waals surface area contributed by atoms with Crippen LogP contribution in [0.3, 0.4) is 0 Å². The number of aromatic amines is 1. The van der Waals surface area contributed by atoms with E-state index in [0.29, 0.717) is 19.6 Å². The van der Waals surface area contributed by atoms with E-state index < -0.39 is 10.0 Å². The largest absolute Gasteiger partial charge is 0.493 e. The van der Waals surface area contributed by atoms with Crippen LogP contribution in [-0.4, -0.2) is 37.8 Å². The fourth-order valence-electron chi connectivity index (χ4n) is 1.57. The highest BCUT2D eigenvalue weighted by Gasteiger charge is 2.04. The lowest BCUT2D eigenvalue weighted by molar-refractivity contribution is 0.315. The van der Waals surface area contributed by atoms with Crippen molar-refractivity contribution in [1.29, 1.82) is 0 Å². The Balaban J connectivity index is 1.85. The number of hydrogen-bond acceptors (Lipinski definition) is 4. The van der Waals surface area contributed by atoms with Crippen molar-refractivity contribution in [2.24, 2.45) is 0 Å². The summed E-state index contributed by atoms with van der Waals surface area (Å²) in [6.07, 6.45) is 5.22. The van der Waals surface area contributed by atoms with E-state index in [1.807, 2.05) is 6.07 Å².